The molecule has 1 unspecified atom stereocenters. The van der Waals surface area contributed by atoms with E-state index in [1.165, 1.54) is 12.5 Å². The molecule has 1 aromatic heterocycles. The van der Waals surface area contributed by atoms with Crippen molar-refractivity contribution in [2.45, 2.75) is 24.8 Å². The SMILES string of the molecule is C=C(C)C(NS(=O)(=O)c1ccc(C)cc1)c1ccoc1. The van der Waals surface area contributed by atoms with Crippen LogP contribution in [0.25, 0.3) is 0 Å². The molecule has 2 rings (SSSR count). The Kier molecular flexibility index (Phi) is 4.11. The van der Waals surface area contributed by atoms with E-state index in [-0.39, 0.29) is 4.90 Å². The average molecular weight is 291 g/mol. The Morgan fingerprint density at radius 2 is 1.90 bits per heavy atom. The minimum atomic E-state index is -3.60. The molecule has 1 N–H and O–H groups in total. The fourth-order valence-electron chi connectivity index (χ4n) is 1.83. The molecule has 0 aliphatic carbocycles. The minimum Gasteiger partial charge on any atom is -0.472 e. The van der Waals surface area contributed by atoms with E-state index in [1.807, 2.05) is 6.92 Å². The first-order valence-electron chi connectivity index (χ1n) is 6.16. The maximum Gasteiger partial charge on any atom is 0.241 e. The van der Waals surface area contributed by atoms with Crippen molar-refractivity contribution in [3.8, 4) is 0 Å². The van der Waals surface area contributed by atoms with Gasteiger partial charge in [-0.15, -0.1) is 0 Å². The molecule has 1 atom stereocenters. The van der Waals surface area contributed by atoms with Crippen LogP contribution in [0.4, 0.5) is 0 Å². The highest BCUT2D eigenvalue weighted by atomic mass is 32.2. The van der Waals surface area contributed by atoms with Gasteiger partial charge < -0.3 is 4.42 Å². The lowest BCUT2D eigenvalue weighted by molar-refractivity contribution is 0.553. The monoisotopic (exact) mass is 291 g/mol. The number of nitrogens with one attached hydrogen (secondary N) is 1. The lowest BCUT2D eigenvalue weighted by Gasteiger charge is -2.17. The van der Waals surface area contributed by atoms with Crippen molar-refractivity contribution >= 4 is 10.0 Å². The Morgan fingerprint density at radius 1 is 1.25 bits per heavy atom. The summed E-state index contributed by atoms with van der Waals surface area (Å²) in [4.78, 5) is 0.234. The zero-order chi connectivity index (χ0) is 14.8. The van der Waals surface area contributed by atoms with Crippen LogP contribution in [-0.2, 0) is 10.0 Å². The van der Waals surface area contributed by atoms with Gasteiger partial charge in [-0.3, -0.25) is 0 Å². The van der Waals surface area contributed by atoms with Gasteiger partial charge in [-0.2, -0.15) is 4.72 Å². The molecule has 0 bridgehead atoms. The molecule has 0 amide bonds. The predicted molar refractivity (Wildman–Crippen MR) is 77.8 cm³/mol. The number of furan rings is 1. The summed E-state index contributed by atoms with van der Waals surface area (Å²) in [5.41, 5.74) is 2.44. The number of hydrogen-bond acceptors (Lipinski definition) is 3. The molecule has 106 valence electrons. The first-order valence-corrected chi connectivity index (χ1v) is 7.65. The number of hydrogen-bond donors (Lipinski definition) is 1. The fraction of sp³-hybridized carbons (Fsp3) is 0.200. The summed E-state index contributed by atoms with van der Waals surface area (Å²) in [6.45, 7) is 7.52. The van der Waals surface area contributed by atoms with Crippen molar-refractivity contribution in [2.75, 3.05) is 0 Å². The van der Waals surface area contributed by atoms with Crippen molar-refractivity contribution in [3.05, 3.63) is 66.1 Å². The highest BCUT2D eigenvalue weighted by Crippen LogP contribution is 2.23. The van der Waals surface area contributed by atoms with E-state index < -0.39 is 16.1 Å². The van der Waals surface area contributed by atoms with Crippen LogP contribution in [0.3, 0.4) is 0 Å². The van der Waals surface area contributed by atoms with Crippen molar-refractivity contribution < 1.29 is 12.8 Å². The van der Waals surface area contributed by atoms with Gasteiger partial charge in [0.05, 0.1) is 23.5 Å². The van der Waals surface area contributed by atoms with Crippen LogP contribution in [0.2, 0.25) is 0 Å². The highest BCUT2D eigenvalue weighted by molar-refractivity contribution is 7.89. The van der Waals surface area contributed by atoms with E-state index in [1.54, 1.807) is 37.3 Å². The van der Waals surface area contributed by atoms with E-state index in [2.05, 4.69) is 11.3 Å². The molecule has 20 heavy (non-hydrogen) atoms. The van der Waals surface area contributed by atoms with Crippen LogP contribution in [0.5, 0.6) is 0 Å². The van der Waals surface area contributed by atoms with E-state index in [0.29, 0.717) is 5.57 Å². The summed E-state index contributed by atoms with van der Waals surface area (Å²) in [5.74, 6) is 0. The average Bonchev–Trinajstić information content (AvgIpc) is 2.90. The molecule has 4 nitrogen and oxygen atoms in total. The van der Waals surface area contributed by atoms with Crippen molar-refractivity contribution in [2.24, 2.45) is 0 Å². The van der Waals surface area contributed by atoms with Gasteiger partial charge in [-0.1, -0.05) is 29.8 Å². The first kappa shape index (κ1) is 14.6. The van der Waals surface area contributed by atoms with E-state index in [0.717, 1.165) is 11.1 Å². The molecule has 0 aliphatic rings. The van der Waals surface area contributed by atoms with Crippen LogP contribution >= 0.6 is 0 Å². The number of rotatable bonds is 5. The van der Waals surface area contributed by atoms with E-state index in [4.69, 9.17) is 4.42 Å². The molecular formula is C15H17NO3S. The number of benzene rings is 1. The van der Waals surface area contributed by atoms with Gasteiger partial charge in [0.2, 0.25) is 10.0 Å². The molecule has 1 heterocycles. The molecule has 5 heteroatoms. The third-order valence-corrected chi connectivity index (χ3v) is 4.41. The van der Waals surface area contributed by atoms with Crippen molar-refractivity contribution in [1.29, 1.82) is 0 Å². The molecule has 0 saturated carbocycles. The third-order valence-electron chi connectivity index (χ3n) is 2.97. The molecule has 0 saturated heterocycles. The Bertz CT molecular complexity index is 685. The summed E-state index contributed by atoms with van der Waals surface area (Å²) < 4.78 is 32.4. The summed E-state index contributed by atoms with van der Waals surface area (Å²) in [5, 5.41) is 0. The van der Waals surface area contributed by atoms with Gasteiger partial charge in [-0.05, 0) is 32.0 Å². The molecule has 0 radical (unpaired) electrons. The zero-order valence-electron chi connectivity index (χ0n) is 11.5. The lowest BCUT2D eigenvalue weighted by Crippen LogP contribution is -2.29. The quantitative estimate of drug-likeness (QED) is 0.861. The minimum absolute atomic E-state index is 0.234. The van der Waals surface area contributed by atoms with Crippen LogP contribution in [-0.4, -0.2) is 8.42 Å². The van der Waals surface area contributed by atoms with E-state index in [9.17, 15) is 8.42 Å². The molecular weight excluding hydrogens is 274 g/mol. The van der Waals surface area contributed by atoms with Crippen LogP contribution in [0.1, 0.15) is 24.1 Å². The predicted octanol–water partition coefficient (Wildman–Crippen LogP) is 3.18. The molecule has 0 aliphatic heterocycles. The van der Waals surface area contributed by atoms with Crippen LogP contribution < -0.4 is 4.72 Å². The second-order valence-electron chi connectivity index (χ2n) is 4.77. The normalized spacial score (nSPS) is 13.1. The first-order chi connectivity index (χ1) is 9.40. The third kappa shape index (κ3) is 3.18. The smallest absolute Gasteiger partial charge is 0.241 e. The second kappa shape index (κ2) is 5.64. The standard InChI is InChI=1S/C15H17NO3S/c1-11(2)15(13-8-9-19-10-13)16-20(17,18)14-6-4-12(3)5-7-14/h4-10,15-16H,1H2,2-3H3. The summed E-state index contributed by atoms with van der Waals surface area (Å²) in [7, 11) is -3.60. The van der Waals surface area contributed by atoms with Gasteiger partial charge in [0.25, 0.3) is 0 Å². The highest BCUT2D eigenvalue weighted by Gasteiger charge is 2.22. The van der Waals surface area contributed by atoms with Crippen molar-refractivity contribution in [1.82, 2.24) is 4.72 Å². The van der Waals surface area contributed by atoms with E-state index >= 15 is 0 Å². The number of aryl methyl sites for hydroxylation is 1. The summed E-state index contributed by atoms with van der Waals surface area (Å²) >= 11 is 0. The second-order valence-corrected chi connectivity index (χ2v) is 6.48. The topological polar surface area (TPSA) is 59.3 Å². The Labute approximate surface area is 119 Å². The number of sulfonamides is 1. The molecule has 0 fully saturated rings. The summed E-state index contributed by atoms with van der Waals surface area (Å²) in [6.07, 6.45) is 3.02. The maximum atomic E-state index is 12.4. The summed E-state index contributed by atoms with van der Waals surface area (Å²) in [6, 6.07) is 7.92. The van der Waals surface area contributed by atoms with Crippen molar-refractivity contribution in [3.63, 3.8) is 0 Å². The largest absolute Gasteiger partial charge is 0.472 e. The Balaban J connectivity index is 2.30. The van der Waals surface area contributed by atoms with Gasteiger partial charge in [0.15, 0.2) is 0 Å². The van der Waals surface area contributed by atoms with Gasteiger partial charge in [0.1, 0.15) is 0 Å². The van der Waals surface area contributed by atoms with Gasteiger partial charge >= 0.3 is 0 Å². The van der Waals surface area contributed by atoms with Crippen LogP contribution in [0.15, 0.2) is 64.3 Å². The fourth-order valence-corrected chi connectivity index (χ4v) is 3.11. The molecule has 0 spiro atoms. The Hall–Kier alpha value is -1.85. The maximum absolute atomic E-state index is 12.4. The Morgan fingerprint density at radius 3 is 2.40 bits per heavy atom. The molecule has 1 aromatic carbocycles. The lowest BCUT2D eigenvalue weighted by atomic mass is 10.1. The van der Waals surface area contributed by atoms with Gasteiger partial charge in [0, 0.05) is 5.56 Å². The van der Waals surface area contributed by atoms with Gasteiger partial charge in [-0.25, -0.2) is 8.42 Å². The van der Waals surface area contributed by atoms with Crippen LogP contribution in [0, 0.1) is 6.92 Å². The molecule has 2 aromatic rings. The zero-order valence-corrected chi connectivity index (χ0v) is 12.3.